The number of aliphatic hydroxyl groups excluding tert-OH is 1. The van der Waals surface area contributed by atoms with Gasteiger partial charge in [0, 0.05) is 13.1 Å². The van der Waals surface area contributed by atoms with Crippen molar-refractivity contribution in [3.8, 4) is 0 Å². The number of hydrogen-bond acceptors (Lipinski definition) is 5. The third-order valence-electron chi connectivity index (χ3n) is 4.20. The van der Waals surface area contributed by atoms with Crippen LogP contribution < -0.4 is 0 Å². The third-order valence-corrected chi connectivity index (χ3v) is 4.20. The van der Waals surface area contributed by atoms with Crippen LogP contribution in [0.2, 0.25) is 0 Å². The van der Waals surface area contributed by atoms with E-state index >= 15 is 0 Å². The van der Waals surface area contributed by atoms with E-state index in [9.17, 15) is 14.7 Å². The Morgan fingerprint density at radius 1 is 1.32 bits per heavy atom. The van der Waals surface area contributed by atoms with Crippen molar-refractivity contribution in [1.29, 1.82) is 0 Å². The lowest BCUT2D eigenvalue weighted by Gasteiger charge is -2.29. The molecule has 1 aromatic rings. The van der Waals surface area contributed by atoms with Crippen LogP contribution in [0.15, 0.2) is 0 Å². The van der Waals surface area contributed by atoms with Gasteiger partial charge in [-0.25, -0.2) is 9.67 Å². The van der Waals surface area contributed by atoms with Crippen LogP contribution in [-0.4, -0.2) is 67.2 Å². The Hall–Kier alpha value is -1.96. The Balaban J connectivity index is 1.63. The zero-order chi connectivity index (χ0) is 15.7. The molecular formula is C14H21N5O3. The first-order chi connectivity index (χ1) is 10.5. The van der Waals surface area contributed by atoms with E-state index in [0.717, 1.165) is 18.7 Å². The number of hydrogen-bond donors (Lipinski definition) is 1. The maximum absolute atomic E-state index is 12.4. The maximum Gasteiger partial charge on any atom is 0.251 e. The van der Waals surface area contributed by atoms with Crippen LogP contribution in [-0.2, 0) is 22.7 Å². The molecule has 1 aromatic heterocycles. The standard InChI is InChI=1S/C14H21N5O3/c1-10-15-12-8-17(6-7-19(12)16-10)13(21)9-18-5-3-2-4-11(20)14(18)22/h11,20H,2-9H2,1H3. The second kappa shape index (κ2) is 6.04. The molecule has 2 aliphatic heterocycles. The van der Waals surface area contributed by atoms with Crippen molar-refractivity contribution < 1.29 is 14.7 Å². The second-order valence-corrected chi connectivity index (χ2v) is 5.89. The van der Waals surface area contributed by atoms with E-state index in [0.29, 0.717) is 38.4 Å². The fourth-order valence-electron chi connectivity index (χ4n) is 2.98. The number of amides is 2. The molecule has 8 nitrogen and oxygen atoms in total. The average Bonchev–Trinajstić information content (AvgIpc) is 2.80. The van der Waals surface area contributed by atoms with Crippen molar-refractivity contribution >= 4 is 11.8 Å². The monoisotopic (exact) mass is 307 g/mol. The first-order valence-electron chi connectivity index (χ1n) is 7.69. The van der Waals surface area contributed by atoms with Crippen LogP contribution in [0, 0.1) is 6.92 Å². The lowest BCUT2D eigenvalue weighted by molar-refractivity contribution is -0.145. The van der Waals surface area contributed by atoms with Crippen LogP contribution in [0.3, 0.4) is 0 Å². The molecule has 1 fully saturated rings. The summed E-state index contributed by atoms with van der Waals surface area (Å²) < 4.78 is 1.82. The molecule has 3 heterocycles. The normalized spacial score (nSPS) is 22.5. The molecule has 0 aromatic carbocycles. The van der Waals surface area contributed by atoms with Gasteiger partial charge in [0.15, 0.2) is 0 Å². The fraction of sp³-hybridized carbons (Fsp3) is 0.714. The highest BCUT2D eigenvalue weighted by Crippen LogP contribution is 2.14. The van der Waals surface area contributed by atoms with Gasteiger partial charge in [-0.2, -0.15) is 5.10 Å². The first kappa shape index (κ1) is 15.0. The Kier molecular flexibility index (Phi) is 4.10. The number of nitrogens with zero attached hydrogens (tertiary/aromatic N) is 5. The quantitative estimate of drug-likeness (QED) is 0.780. The zero-order valence-corrected chi connectivity index (χ0v) is 12.7. The van der Waals surface area contributed by atoms with Gasteiger partial charge in [-0.3, -0.25) is 9.59 Å². The van der Waals surface area contributed by atoms with Crippen LogP contribution in [0.4, 0.5) is 0 Å². The molecule has 8 heteroatoms. The van der Waals surface area contributed by atoms with E-state index in [1.807, 2.05) is 11.6 Å². The van der Waals surface area contributed by atoms with Gasteiger partial charge in [-0.05, 0) is 26.2 Å². The topological polar surface area (TPSA) is 91.6 Å². The van der Waals surface area contributed by atoms with Gasteiger partial charge in [0.1, 0.15) is 17.8 Å². The summed E-state index contributed by atoms with van der Waals surface area (Å²) in [7, 11) is 0. The Labute approximate surface area is 128 Å². The summed E-state index contributed by atoms with van der Waals surface area (Å²) >= 11 is 0. The number of carbonyl (C=O) groups is 2. The Morgan fingerprint density at radius 3 is 2.95 bits per heavy atom. The first-order valence-corrected chi connectivity index (χ1v) is 7.69. The minimum atomic E-state index is -0.970. The van der Waals surface area contributed by atoms with E-state index in [2.05, 4.69) is 10.1 Å². The summed E-state index contributed by atoms with van der Waals surface area (Å²) in [5, 5.41) is 14.0. The molecule has 1 unspecified atom stereocenters. The van der Waals surface area contributed by atoms with Gasteiger partial charge in [-0.1, -0.05) is 0 Å². The predicted octanol–water partition coefficient (Wildman–Crippen LogP) is -0.698. The maximum atomic E-state index is 12.4. The predicted molar refractivity (Wildman–Crippen MR) is 76.6 cm³/mol. The largest absolute Gasteiger partial charge is 0.383 e. The molecule has 2 aliphatic rings. The fourth-order valence-corrected chi connectivity index (χ4v) is 2.98. The van der Waals surface area contributed by atoms with Crippen LogP contribution >= 0.6 is 0 Å². The molecule has 2 amide bonds. The third kappa shape index (κ3) is 2.96. The molecule has 0 spiro atoms. The van der Waals surface area contributed by atoms with Crippen molar-refractivity contribution in [2.24, 2.45) is 0 Å². The SMILES string of the molecule is Cc1nc2n(n1)CCN(C(=O)CN1CCCCC(O)C1=O)C2. The average molecular weight is 307 g/mol. The number of aryl methyl sites for hydroxylation is 1. The van der Waals surface area contributed by atoms with E-state index in [1.54, 1.807) is 4.90 Å². The van der Waals surface area contributed by atoms with Gasteiger partial charge in [0.2, 0.25) is 5.91 Å². The van der Waals surface area contributed by atoms with Gasteiger partial charge in [0.05, 0.1) is 19.6 Å². The number of rotatable bonds is 2. The molecule has 0 aliphatic carbocycles. The summed E-state index contributed by atoms with van der Waals surface area (Å²) in [6, 6.07) is 0. The number of fused-ring (bicyclic) bond motifs is 1. The van der Waals surface area contributed by atoms with Gasteiger partial charge in [0.25, 0.3) is 5.91 Å². The molecule has 0 radical (unpaired) electrons. The molecule has 1 N–H and O–H groups in total. The van der Waals surface area contributed by atoms with Crippen LogP contribution in [0.1, 0.15) is 30.9 Å². The highest BCUT2D eigenvalue weighted by atomic mass is 16.3. The van der Waals surface area contributed by atoms with Gasteiger partial charge >= 0.3 is 0 Å². The molecule has 0 bridgehead atoms. The number of carbonyl (C=O) groups excluding carboxylic acids is 2. The highest BCUT2D eigenvalue weighted by Gasteiger charge is 2.29. The summed E-state index contributed by atoms with van der Waals surface area (Å²) in [6.45, 7) is 4.00. The molecule has 120 valence electrons. The lowest BCUT2D eigenvalue weighted by Crippen LogP contribution is -2.47. The van der Waals surface area contributed by atoms with Crippen molar-refractivity contribution in [3.63, 3.8) is 0 Å². The molecule has 1 saturated heterocycles. The van der Waals surface area contributed by atoms with Crippen molar-refractivity contribution in [1.82, 2.24) is 24.6 Å². The minimum Gasteiger partial charge on any atom is -0.383 e. The summed E-state index contributed by atoms with van der Waals surface area (Å²) in [5.74, 6) is 1.05. The molecular weight excluding hydrogens is 286 g/mol. The molecule has 22 heavy (non-hydrogen) atoms. The Bertz CT molecular complexity index is 585. The second-order valence-electron chi connectivity index (χ2n) is 5.89. The minimum absolute atomic E-state index is 0.0308. The number of likely N-dealkylation sites (tertiary alicyclic amines) is 1. The lowest BCUT2D eigenvalue weighted by atomic mass is 10.2. The van der Waals surface area contributed by atoms with Gasteiger partial charge < -0.3 is 14.9 Å². The molecule has 1 atom stereocenters. The van der Waals surface area contributed by atoms with Crippen molar-refractivity contribution in [3.05, 3.63) is 11.6 Å². The summed E-state index contributed by atoms with van der Waals surface area (Å²) in [4.78, 5) is 32.0. The van der Waals surface area contributed by atoms with E-state index < -0.39 is 6.10 Å². The molecule has 0 saturated carbocycles. The number of aromatic nitrogens is 3. The smallest absolute Gasteiger partial charge is 0.251 e. The van der Waals surface area contributed by atoms with Crippen molar-refractivity contribution in [2.75, 3.05) is 19.6 Å². The summed E-state index contributed by atoms with van der Waals surface area (Å²) in [5.41, 5.74) is 0. The zero-order valence-electron chi connectivity index (χ0n) is 12.7. The van der Waals surface area contributed by atoms with Crippen LogP contribution in [0.5, 0.6) is 0 Å². The number of aliphatic hydroxyl groups is 1. The van der Waals surface area contributed by atoms with E-state index in [1.165, 1.54) is 4.90 Å². The van der Waals surface area contributed by atoms with Gasteiger partial charge in [-0.15, -0.1) is 0 Å². The van der Waals surface area contributed by atoms with E-state index in [-0.39, 0.29) is 18.4 Å². The highest BCUT2D eigenvalue weighted by molar-refractivity contribution is 5.87. The summed E-state index contributed by atoms with van der Waals surface area (Å²) in [6.07, 6.45) is 1.14. The molecule has 3 rings (SSSR count). The van der Waals surface area contributed by atoms with E-state index in [4.69, 9.17) is 0 Å². The van der Waals surface area contributed by atoms with Crippen LogP contribution in [0.25, 0.3) is 0 Å². The Morgan fingerprint density at radius 2 is 2.14 bits per heavy atom. The van der Waals surface area contributed by atoms with Crippen molar-refractivity contribution in [2.45, 2.75) is 45.4 Å².